The first kappa shape index (κ1) is 101. The van der Waals surface area contributed by atoms with Crippen molar-refractivity contribution in [2.45, 2.75) is 155 Å². The Labute approximate surface area is 729 Å². The summed E-state index contributed by atoms with van der Waals surface area (Å²) in [5.74, 6) is 6.65. The predicted octanol–water partition coefficient (Wildman–Crippen LogP) is 25.5. The summed E-state index contributed by atoms with van der Waals surface area (Å²) in [6, 6.07) is 30.2. The van der Waals surface area contributed by atoms with Crippen molar-refractivity contribution in [3.8, 4) is 68.8 Å². The zero-order valence-electron chi connectivity index (χ0n) is 71.8. The molecule has 21 heteroatoms. The molecule has 4 aromatic heterocycles. The number of carboxylic acid groups (broad SMARTS) is 2. The van der Waals surface area contributed by atoms with Crippen LogP contribution in [0.1, 0.15) is 218 Å². The number of hydrogen-bond acceptors (Lipinski definition) is 16. The number of nitrogens with zero attached hydrogens (tertiary/aromatic N) is 6. The molecule has 119 heavy (non-hydrogen) atoms. The number of rotatable bonds is 44. The molecular weight excluding hydrogens is 1620 g/mol. The van der Waals surface area contributed by atoms with Crippen LogP contribution >= 0.6 is 24.4 Å². The Hall–Kier alpha value is -10.8. The van der Waals surface area contributed by atoms with E-state index in [1.807, 2.05) is 45.3 Å². The Morgan fingerprint density at radius 3 is 0.815 bits per heavy atom. The molecule has 18 nitrogen and oxygen atoms in total. The molecule has 0 unspecified atom stereocenters. The van der Waals surface area contributed by atoms with Gasteiger partial charge in [0.15, 0.2) is 0 Å². The van der Waals surface area contributed by atoms with Crippen LogP contribution in [0.15, 0.2) is 158 Å². The second-order valence-corrected chi connectivity index (χ2v) is 31.3. The van der Waals surface area contributed by atoms with Crippen LogP contribution in [-0.2, 0) is 19.5 Å². The fourth-order valence-corrected chi connectivity index (χ4v) is 10.9. The predicted molar refractivity (Wildman–Crippen MR) is 491 cm³/mol. The summed E-state index contributed by atoms with van der Waals surface area (Å²) in [6.07, 6.45) is 30.0. The van der Waals surface area contributed by atoms with Crippen molar-refractivity contribution in [1.82, 2.24) is 19.9 Å². The number of thiocarbonyl (C=S) groups is 2. The summed E-state index contributed by atoms with van der Waals surface area (Å²) in [6.45, 7) is 49.3. The van der Waals surface area contributed by atoms with Crippen LogP contribution in [0.25, 0.3) is 82.2 Å². The number of ether oxygens (including phenoxy) is 8. The Morgan fingerprint density at radius 1 is 0.361 bits per heavy atom. The van der Waals surface area contributed by atoms with E-state index in [-0.39, 0.29) is 30.6 Å². The van der Waals surface area contributed by atoms with Crippen molar-refractivity contribution in [1.29, 1.82) is 0 Å². The average Bonchev–Trinajstić information content (AvgIpc) is 0.823. The van der Waals surface area contributed by atoms with Gasteiger partial charge in [0.2, 0.25) is 0 Å². The summed E-state index contributed by atoms with van der Waals surface area (Å²) in [5.41, 5.74) is 14.8. The van der Waals surface area contributed by atoms with Crippen LogP contribution in [-0.4, -0.2) is 105 Å². The van der Waals surface area contributed by atoms with Crippen molar-refractivity contribution in [3.63, 3.8) is 0 Å². The summed E-state index contributed by atoms with van der Waals surface area (Å²) in [7, 11) is 0. The summed E-state index contributed by atoms with van der Waals surface area (Å²) in [4.78, 5) is 39.2. The standard InChI is InChI=1S/C84H110N2O8.C12H8N2O4.2CNS.Ru/c1-57(2)29-39-87-77-51-71(79(47-65(77)17)89-41-31-59(5)6)23-25-73-55-81(91-43-33-61(9)10)69(53-83(73)93-45-35-63(13)14)21-19-67-27-37-85-75(49-67)76-50-68(28-38-86-76)20-22-70-54-84(94-46-36-64(15)16)74(56-82(70)92-44-34-62(11)12)26-24-72-52-78(88-40-30-58(3)4)66(18)48-80(72)90-42-32-60(7)8;15-11(16)7-1-3-13-9(5-7)10-6-8(12(17)18)2-4-14-10;2*2-1-3;/h19-28,37-38,47-58,60,62-63H,5,9,15,29-36,39-46H2,1-4,6-8,10-14,16-18H3;1-6H,(H,15,16)(H,17,18);;;/q;;2*-1;+2/b21-19+,22-20+,25-23+,26-24+;;;;. The number of pyridine rings is 4. The van der Waals surface area contributed by atoms with Crippen LogP contribution in [0.4, 0.5) is 0 Å². The first-order valence-electron chi connectivity index (χ1n) is 40.1. The normalized spacial score (nSPS) is 11.0. The Bertz CT molecular complexity index is 4750. The molecule has 0 spiro atoms. The maximum atomic E-state index is 10.8. The molecular formula is C98H118N6O12RuS2. The second kappa shape index (κ2) is 54.3. The third kappa shape index (κ3) is 37.8. The largest absolute Gasteiger partial charge is 2.00 e. The molecule has 8 aromatic rings. The van der Waals surface area contributed by atoms with Crippen molar-refractivity contribution < 1.29 is 77.2 Å². The number of carboxylic acids is 2. The van der Waals surface area contributed by atoms with E-state index in [9.17, 15) is 9.59 Å². The van der Waals surface area contributed by atoms with E-state index < -0.39 is 11.9 Å². The molecule has 0 saturated heterocycles. The Kier molecular flexibility index (Phi) is 45.9. The molecule has 0 saturated carbocycles. The van der Waals surface area contributed by atoms with Crippen LogP contribution in [0, 0.1) is 43.4 Å². The molecule has 0 atom stereocenters. The molecule has 4 heterocycles. The van der Waals surface area contributed by atoms with E-state index in [1.54, 1.807) is 0 Å². The van der Waals surface area contributed by atoms with Gasteiger partial charge in [0.1, 0.15) is 46.0 Å². The van der Waals surface area contributed by atoms with Crippen LogP contribution < -0.4 is 37.9 Å². The van der Waals surface area contributed by atoms with Gasteiger partial charge in [0, 0.05) is 77.4 Å². The number of aromatic nitrogens is 4. The molecule has 0 radical (unpaired) electrons. The number of carbonyl (C=O) groups is 2. The molecule has 8 rings (SSSR count). The number of isothiocyanates is 2. The third-order valence-electron chi connectivity index (χ3n) is 17.9. The summed E-state index contributed by atoms with van der Waals surface area (Å²) < 4.78 is 52.2. The molecule has 0 fully saturated rings. The van der Waals surface area contributed by atoms with Crippen LogP contribution in [0.5, 0.6) is 46.0 Å². The van der Waals surface area contributed by atoms with Gasteiger partial charge in [-0.2, -0.15) is 10.3 Å². The van der Waals surface area contributed by atoms with Gasteiger partial charge < -0.3 is 58.9 Å². The first-order chi connectivity index (χ1) is 56.4. The molecule has 0 aliphatic heterocycles. The Morgan fingerprint density at radius 2 is 0.571 bits per heavy atom. The zero-order valence-corrected chi connectivity index (χ0v) is 75.2. The number of benzene rings is 4. The fourth-order valence-electron chi connectivity index (χ4n) is 10.9. The molecule has 4 aromatic carbocycles. The Balaban J connectivity index is 0.00000102. The maximum absolute atomic E-state index is 10.8. The first-order valence-corrected chi connectivity index (χ1v) is 40.9. The van der Waals surface area contributed by atoms with Gasteiger partial charge in [-0.05, 0) is 216 Å². The average molecular weight is 1740 g/mol. The van der Waals surface area contributed by atoms with E-state index >= 15 is 0 Å². The summed E-state index contributed by atoms with van der Waals surface area (Å²) in [5, 5.41) is 34.6. The van der Waals surface area contributed by atoms with Gasteiger partial charge in [0.05, 0.1) is 86.8 Å². The van der Waals surface area contributed by atoms with E-state index in [1.165, 1.54) is 47.0 Å². The second-order valence-electron chi connectivity index (χ2n) is 30.9. The minimum absolute atomic E-state index is 0. The van der Waals surface area contributed by atoms with Crippen molar-refractivity contribution in [3.05, 3.63) is 236 Å². The van der Waals surface area contributed by atoms with Gasteiger partial charge >= 0.3 is 31.4 Å². The molecule has 0 aliphatic carbocycles. The van der Waals surface area contributed by atoms with E-state index in [4.69, 9.17) is 68.9 Å². The molecule has 0 amide bonds. The maximum Gasteiger partial charge on any atom is 2.00 e. The number of aromatic carboxylic acids is 2. The minimum atomic E-state index is -1.08. The SMILES string of the molecule is C=C(C)CCOc1cc(C)c(OCCC(C)C)cc1/C=C/c1cc(OCCC(=C)C)c(/C=C/c2ccnc(-c3cc(/C=C/c4cc(OCCC(=C)C)c(/C=C/c5cc(OCCC(C)C)c(C)cc5OCCC(C)C)cc4OCCC(C)C)ccn3)c2)cc1OCCC(C)C.O=C(O)c1ccnc(-c2cc(C(=O)O)ccn2)c1.[N-]=C=S.[N-]=C=S.[Ru+2]. The summed E-state index contributed by atoms with van der Waals surface area (Å²) >= 11 is 7.40. The van der Waals surface area contributed by atoms with E-state index in [0.717, 1.165) is 175 Å². The fraction of sp³-hybridized carbons (Fsp3) is 0.367. The van der Waals surface area contributed by atoms with Gasteiger partial charge in [-0.1, -0.05) is 159 Å². The third-order valence-corrected chi connectivity index (χ3v) is 17.9. The smallest absolute Gasteiger partial charge is 0.753 e. The topological polar surface area (TPSA) is 245 Å². The monoisotopic (exact) mass is 1740 g/mol. The van der Waals surface area contributed by atoms with Gasteiger partial charge in [-0.15, -0.1) is 19.7 Å². The molecule has 0 bridgehead atoms. The zero-order chi connectivity index (χ0) is 86.6. The van der Waals surface area contributed by atoms with Gasteiger partial charge in [-0.3, -0.25) is 19.9 Å². The number of aryl methyl sites for hydroxylation is 2. The molecule has 0 aliphatic rings. The minimum Gasteiger partial charge on any atom is -0.753 e. The van der Waals surface area contributed by atoms with Crippen molar-refractivity contribution in [2.24, 2.45) is 29.6 Å². The quantitative estimate of drug-likeness (QED) is 0.0118. The molecule has 632 valence electrons. The van der Waals surface area contributed by atoms with Gasteiger partial charge in [-0.25, -0.2) is 9.59 Å². The van der Waals surface area contributed by atoms with Crippen LogP contribution in [0.3, 0.4) is 0 Å². The molecule has 2 N–H and O–H groups in total. The van der Waals surface area contributed by atoms with Gasteiger partial charge in [0.25, 0.3) is 0 Å². The van der Waals surface area contributed by atoms with Crippen LogP contribution in [0.2, 0.25) is 0 Å². The van der Waals surface area contributed by atoms with E-state index in [0.29, 0.717) is 100 Å². The number of hydrogen-bond donors (Lipinski definition) is 2. The van der Waals surface area contributed by atoms with Crippen molar-refractivity contribution >= 4 is 95.3 Å². The van der Waals surface area contributed by atoms with E-state index in [2.05, 4.69) is 246 Å². The van der Waals surface area contributed by atoms with Crippen molar-refractivity contribution in [2.75, 3.05) is 52.9 Å².